The number of carbonyl (C=O) groups is 1. The van der Waals surface area contributed by atoms with E-state index < -0.39 is 0 Å². The molecule has 1 aliphatic rings. The smallest absolute Gasteiger partial charge is 0.338 e. The van der Waals surface area contributed by atoms with Gasteiger partial charge in [-0.3, -0.25) is 0 Å². The molecule has 0 atom stereocenters. The number of hydrogen-bond acceptors (Lipinski definition) is 2. The molecule has 68 valence electrons. The molecular weight excluding hydrogens is 509 g/mol. The lowest BCUT2D eigenvalue weighted by Gasteiger charge is -2.03. The maximum absolute atomic E-state index is 11.2. The first-order chi connectivity index (χ1) is 6.11. The van der Waals surface area contributed by atoms with Crippen LogP contribution in [-0.2, 0) is 11.3 Å². The van der Waals surface area contributed by atoms with Crippen LogP contribution in [0, 0.1) is 10.7 Å². The minimum absolute atomic E-state index is 0.192. The Balaban J connectivity index is 2.74. The van der Waals surface area contributed by atoms with Gasteiger partial charge in [-0.05, 0) is 73.8 Å². The summed E-state index contributed by atoms with van der Waals surface area (Å²) in [6.45, 7) is 0.430. The molecule has 0 aromatic heterocycles. The van der Waals surface area contributed by atoms with Crippen molar-refractivity contribution >= 4 is 73.7 Å². The molecule has 0 amide bonds. The van der Waals surface area contributed by atoms with Crippen LogP contribution >= 0.6 is 67.8 Å². The zero-order valence-electron chi connectivity index (χ0n) is 6.23. The number of ether oxygens (including phenoxy) is 1. The molecule has 13 heavy (non-hydrogen) atoms. The Labute approximate surface area is 116 Å². The number of esters is 1. The van der Waals surface area contributed by atoms with Crippen LogP contribution in [-0.4, -0.2) is 5.97 Å². The van der Waals surface area contributed by atoms with Gasteiger partial charge in [-0.1, -0.05) is 0 Å². The summed E-state index contributed by atoms with van der Waals surface area (Å²) in [7, 11) is 0. The van der Waals surface area contributed by atoms with Crippen molar-refractivity contribution in [3.05, 3.63) is 27.9 Å². The number of carbonyl (C=O) groups excluding carboxylic acids is 1. The van der Waals surface area contributed by atoms with E-state index in [1.54, 1.807) is 0 Å². The minimum atomic E-state index is -0.192. The van der Waals surface area contributed by atoms with Crippen molar-refractivity contribution in [3.8, 4) is 0 Å². The van der Waals surface area contributed by atoms with Gasteiger partial charge < -0.3 is 4.74 Å². The van der Waals surface area contributed by atoms with Gasteiger partial charge in [-0.15, -0.1) is 0 Å². The molecule has 2 rings (SSSR count). The Hall–Kier alpha value is 0.880. The third-order valence-electron chi connectivity index (χ3n) is 1.83. The SMILES string of the molecule is O=C1OCc2c1cc(I)c(I)c2I. The highest BCUT2D eigenvalue weighted by atomic mass is 127. The van der Waals surface area contributed by atoms with Gasteiger partial charge in [0.2, 0.25) is 0 Å². The first-order valence-electron chi connectivity index (χ1n) is 3.44. The van der Waals surface area contributed by atoms with Crippen molar-refractivity contribution in [1.29, 1.82) is 0 Å². The normalized spacial score (nSPS) is 14.2. The quantitative estimate of drug-likeness (QED) is 0.304. The zero-order valence-corrected chi connectivity index (χ0v) is 12.7. The molecule has 1 heterocycles. The monoisotopic (exact) mass is 512 g/mol. The molecule has 1 aliphatic heterocycles. The lowest BCUT2D eigenvalue weighted by Crippen LogP contribution is -1.97. The summed E-state index contributed by atoms with van der Waals surface area (Å²) >= 11 is 6.78. The Morgan fingerprint density at radius 2 is 1.92 bits per heavy atom. The predicted octanol–water partition coefficient (Wildman–Crippen LogP) is 3.17. The highest BCUT2D eigenvalue weighted by Gasteiger charge is 2.25. The zero-order chi connectivity index (χ0) is 9.59. The molecule has 5 heteroatoms. The predicted molar refractivity (Wildman–Crippen MR) is 73.7 cm³/mol. The summed E-state index contributed by atoms with van der Waals surface area (Å²) in [5.41, 5.74) is 1.77. The molecule has 0 spiro atoms. The van der Waals surface area contributed by atoms with Gasteiger partial charge in [-0.25, -0.2) is 4.79 Å². The van der Waals surface area contributed by atoms with Gasteiger partial charge in [0.25, 0.3) is 0 Å². The number of fused-ring (bicyclic) bond motifs is 1. The van der Waals surface area contributed by atoms with E-state index in [0.717, 1.165) is 18.3 Å². The molecule has 1 aromatic rings. The van der Waals surface area contributed by atoms with Crippen LogP contribution in [0.4, 0.5) is 0 Å². The molecule has 0 radical (unpaired) electrons. The fourth-order valence-corrected chi connectivity index (χ4v) is 3.49. The van der Waals surface area contributed by atoms with E-state index in [-0.39, 0.29) is 5.97 Å². The third-order valence-corrected chi connectivity index (χ3v) is 7.06. The summed E-state index contributed by atoms with van der Waals surface area (Å²) in [5, 5.41) is 0. The summed E-state index contributed by atoms with van der Waals surface area (Å²) in [6, 6.07) is 1.90. The van der Waals surface area contributed by atoms with Crippen LogP contribution in [0.25, 0.3) is 0 Å². The van der Waals surface area contributed by atoms with Crippen molar-refractivity contribution in [2.24, 2.45) is 0 Å². The van der Waals surface area contributed by atoms with Gasteiger partial charge in [0.1, 0.15) is 6.61 Å². The Bertz CT molecular complexity index is 401. The van der Waals surface area contributed by atoms with Crippen molar-refractivity contribution in [2.75, 3.05) is 0 Å². The summed E-state index contributed by atoms with van der Waals surface area (Å²) in [5.74, 6) is -0.192. The maximum atomic E-state index is 11.2. The second kappa shape index (κ2) is 3.80. The molecule has 0 unspecified atom stereocenters. The largest absolute Gasteiger partial charge is 0.457 e. The van der Waals surface area contributed by atoms with E-state index in [1.807, 2.05) is 6.07 Å². The summed E-state index contributed by atoms with van der Waals surface area (Å²) in [4.78, 5) is 11.2. The topological polar surface area (TPSA) is 26.3 Å². The van der Waals surface area contributed by atoms with Crippen LogP contribution in [0.15, 0.2) is 6.07 Å². The van der Waals surface area contributed by atoms with Crippen molar-refractivity contribution < 1.29 is 9.53 Å². The Morgan fingerprint density at radius 3 is 2.62 bits per heavy atom. The molecular formula is C8H3I3O2. The highest BCUT2D eigenvalue weighted by Crippen LogP contribution is 2.31. The lowest BCUT2D eigenvalue weighted by atomic mass is 10.1. The van der Waals surface area contributed by atoms with Gasteiger partial charge in [0.15, 0.2) is 0 Å². The van der Waals surface area contributed by atoms with Crippen LogP contribution in [0.1, 0.15) is 15.9 Å². The number of cyclic esters (lactones) is 1. The molecule has 1 aromatic carbocycles. The first-order valence-corrected chi connectivity index (χ1v) is 6.68. The van der Waals surface area contributed by atoms with Gasteiger partial charge in [-0.2, -0.15) is 0 Å². The molecule has 2 nitrogen and oxygen atoms in total. The number of benzene rings is 1. The average molecular weight is 512 g/mol. The third kappa shape index (κ3) is 1.71. The summed E-state index contributed by atoms with van der Waals surface area (Å²) < 4.78 is 8.42. The van der Waals surface area contributed by atoms with E-state index in [2.05, 4.69) is 67.8 Å². The fraction of sp³-hybridized carbons (Fsp3) is 0.125. The average Bonchev–Trinajstić information content (AvgIpc) is 2.45. The van der Waals surface area contributed by atoms with Gasteiger partial charge >= 0.3 is 5.97 Å². The maximum Gasteiger partial charge on any atom is 0.338 e. The Kier molecular flexibility index (Phi) is 3.04. The van der Waals surface area contributed by atoms with E-state index in [4.69, 9.17) is 4.74 Å². The standard InChI is InChI=1S/C8H3I3O2/c9-5-1-3-4(2-13-8(3)12)6(10)7(5)11/h1H,2H2. The Morgan fingerprint density at radius 1 is 1.23 bits per heavy atom. The van der Waals surface area contributed by atoms with Crippen LogP contribution in [0.2, 0.25) is 0 Å². The molecule has 0 bridgehead atoms. The minimum Gasteiger partial charge on any atom is -0.457 e. The molecule has 0 saturated heterocycles. The summed E-state index contributed by atoms with van der Waals surface area (Å²) in [6.07, 6.45) is 0. The van der Waals surface area contributed by atoms with E-state index in [9.17, 15) is 4.79 Å². The second-order valence-corrected chi connectivity index (χ2v) is 5.91. The molecule has 0 fully saturated rings. The molecule has 0 N–H and O–H groups in total. The van der Waals surface area contributed by atoms with E-state index >= 15 is 0 Å². The van der Waals surface area contributed by atoms with Crippen LogP contribution < -0.4 is 0 Å². The van der Waals surface area contributed by atoms with Crippen LogP contribution in [0.3, 0.4) is 0 Å². The molecule has 0 saturated carbocycles. The first kappa shape index (κ1) is 10.4. The van der Waals surface area contributed by atoms with Crippen molar-refractivity contribution in [2.45, 2.75) is 6.61 Å². The highest BCUT2D eigenvalue weighted by molar-refractivity contribution is 14.1. The second-order valence-electron chi connectivity index (χ2n) is 2.59. The number of rotatable bonds is 0. The van der Waals surface area contributed by atoms with Crippen molar-refractivity contribution in [3.63, 3.8) is 0 Å². The van der Waals surface area contributed by atoms with Gasteiger partial charge in [0.05, 0.1) is 5.56 Å². The number of hydrogen-bond donors (Lipinski definition) is 0. The fourth-order valence-electron chi connectivity index (χ4n) is 1.17. The van der Waals surface area contributed by atoms with Crippen LogP contribution in [0.5, 0.6) is 0 Å². The van der Waals surface area contributed by atoms with E-state index in [1.165, 1.54) is 3.57 Å². The van der Waals surface area contributed by atoms with Gasteiger partial charge in [0, 0.05) is 16.3 Å². The molecule has 0 aliphatic carbocycles. The van der Waals surface area contributed by atoms with Crippen molar-refractivity contribution in [1.82, 2.24) is 0 Å². The lowest BCUT2D eigenvalue weighted by molar-refractivity contribution is 0.0534. The van der Waals surface area contributed by atoms with E-state index in [0.29, 0.717) is 6.61 Å². The number of halogens is 3.